The summed E-state index contributed by atoms with van der Waals surface area (Å²) in [5.41, 5.74) is 4.51. The lowest BCUT2D eigenvalue weighted by Crippen LogP contribution is -2.47. The maximum Gasteiger partial charge on any atom is 0.338 e. The number of ether oxygens (including phenoxy) is 1. The van der Waals surface area contributed by atoms with Crippen molar-refractivity contribution in [2.45, 2.75) is 26.4 Å². The van der Waals surface area contributed by atoms with Gasteiger partial charge in [-0.05, 0) is 32.9 Å². The first kappa shape index (κ1) is 32.7. The zero-order valence-corrected chi connectivity index (χ0v) is 23.6. The van der Waals surface area contributed by atoms with Crippen molar-refractivity contribution < 1.29 is 43.1 Å². The lowest BCUT2D eigenvalue weighted by molar-refractivity contribution is -0.139. The first-order valence-electron chi connectivity index (χ1n) is 12.3. The number of primary amides is 1. The number of nitrogens with zero attached hydrogens (tertiary/aromatic N) is 2. The van der Waals surface area contributed by atoms with Crippen molar-refractivity contribution in [3.63, 3.8) is 0 Å². The molecule has 0 fully saturated rings. The van der Waals surface area contributed by atoms with E-state index in [1.807, 2.05) is 0 Å². The van der Waals surface area contributed by atoms with Crippen LogP contribution in [0.25, 0.3) is 0 Å². The molecule has 6 amide bonds. The molecule has 41 heavy (non-hydrogen) atoms. The van der Waals surface area contributed by atoms with Gasteiger partial charge in [0.1, 0.15) is 5.60 Å². The highest BCUT2D eigenvalue weighted by Crippen LogP contribution is 2.18. The number of nitrogens with two attached hydrogens (primary N) is 1. The van der Waals surface area contributed by atoms with Crippen LogP contribution in [-0.2, 0) is 33.5 Å². The molecular formula is C26H31N5O9S. The summed E-state index contributed by atoms with van der Waals surface area (Å²) in [6.07, 6.45) is 2.15. The van der Waals surface area contributed by atoms with Crippen molar-refractivity contribution in [3.05, 3.63) is 47.5 Å². The first-order chi connectivity index (χ1) is 19.2. The van der Waals surface area contributed by atoms with Crippen LogP contribution in [-0.4, -0.2) is 100 Å². The third-order valence-electron chi connectivity index (χ3n) is 5.15. The second-order valence-electron chi connectivity index (χ2n) is 9.66. The van der Waals surface area contributed by atoms with Crippen molar-refractivity contribution in [2.75, 3.05) is 38.5 Å². The maximum absolute atomic E-state index is 13.0. The summed E-state index contributed by atoms with van der Waals surface area (Å²) in [5, 5.41) is 3.95. The molecular weight excluding hydrogens is 558 g/mol. The number of amides is 6. The molecule has 0 radical (unpaired) electrons. The Morgan fingerprint density at radius 2 is 1.56 bits per heavy atom. The highest BCUT2D eigenvalue weighted by atomic mass is 32.2. The quantitative estimate of drug-likeness (QED) is 0.189. The Bertz CT molecular complexity index is 1250. The molecule has 0 saturated heterocycles. The van der Waals surface area contributed by atoms with Gasteiger partial charge in [0.2, 0.25) is 28.7 Å². The zero-order chi connectivity index (χ0) is 30.7. The average molecular weight is 590 g/mol. The third-order valence-corrected chi connectivity index (χ3v) is 6.04. The smallest absolute Gasteiger partial charge is 0.338 e. The van der Waals surface area contributed by atoms with Crippen LogP contribution in [0.2, 0.25) is 0 Å². The zero-order valence-electron chi connectivity index (χ0n) is 22.8. The standard InChI is InChI=1S/C26H31N5O9S/c1-26(2,3)40-24(38)16-5-4-6-17(11-16)25(39)41-15-23(37)30(9-10-31-21(35)7-8-22(31)36)14-20(34)29-13-19(33)28-12-18(27)32/h4-8,11H,9-10,12-15H2,1-3H3,(H2,27,32)(H,28,33)(H,29,34). The maximum atomic E-state index is 13.0. The molecule has 0 aromatic heterocycles. The van der Waals surface area contributed by atoms with Gasteiger partial charge in [0.25, 0.3) is 11.8 Å². The van der Waals surface area contributed by atoms with Crippen LogP contribution in [0.5, 0.6) is 0 Å². The van der Waals surface area contributed by atoms with E-state index in [0.717, 1.165) is 22.0 Å². The minimum Gasteiger partial charge on any atom is -0.456 e. The lowest BCUT2D eigenvalue weighted by atomic mass is 10.1. The van der Waals surface area contributed by atoms with Gasteiger partial charge in [0, 0.05) is 30.8 Å². The molecule has 0 atom stereocenters. The van der Waals surface area contributed by atoms with Gasteiger partial charge >= 0.3 is 5.97 Å². The molecule has 15 heteroatoms. The number of hydrogen-bond acceptors (Lipinski definition) is 10. The SMILES string of the molecule is CC(C)(C)OC(=O)c1cccc(C(=O)SCC(=O)N(CCN2C(=O)C=CC2=O)CC(=O)NCC(=O)NCC(N)=O)c1. The summed E-state index contributed by atoms with van der Waals surface area (Å²) in [6, 6.07) is 5.81. The summed E-state index contributed by atoms with van der Waals surface area (Å²) in [7, 11) is 0. The van der Waals surface area contributed by atoms with Crippen LogP contribution in [0.4, 0.5) is 0 Å². The van der Waals surface area contributed by atoms with E-state index in [4.69, 9.17) is 10.5 Å². The van der Waals surface area contributed by atoms with Crippen molar-refractivity contribution in [2.24, 2.45) is 5.73 Å². The Morgan fingerprint density at radius 1 is 0.951 bits per heavy atom. The van der Waals surface area contributed by atoms with Gasteiger partial charge in [0.15, 0.2) is 0 Å². The molecule has 4 N–H and O–H groups in total. The molecule has 1 aliphatic rings. The molecule has 1 heterocycles. The Labute approximate surface area is 240 Å². The van der Waals surface area contributed by atoms with Gasteiger partial charge in [-0.15, -0.1) is 0 Å². The molecule has 2 rings (SSSR count). The van der Waals surface area contributed by atoms with Crippen LogP contribution in [0.1, 0.15) is 41.5 Å². The number of imide groups is 1. The van der Waals surface area contributed by atoms with Gasteiger partial charge in [0.05, 0.1) is 31.0 Å². The van der Waals surface area contributed by atoms with E-state index in [9.17, 15) is 38.4 Å². The predicted molar refractivity (Wildman–Crippen MR) is 146 cm³/mol. The van der Waals surface area contributed by atoms with Crippen LogP contribution >= 0.6 is 11.8 Å². The second kappa shape index (κ2) is 14.7. The first-order valence-corrected chi connectivity index (χ1v) is 13.3. The monoisotopic (exact) mass is 589 g/mol. The summed E-state index contributed by atoms with van der Waals surface area (Å²) < 4.78 is 5.31. The molecule has 0 saturated carbocycles. The normalized spacial score (nSPS) is 12.6. The van der Waals surface area contributed by atoms with Crippen molar-refractivity contribution in [1.82, 2.24) is 20.4 Å². The summed E-state index contributed by atoms with van der Waals surface area (Å²) >= 11 is 0.632. The Balaban J connectivity index is 2.03. The topological polar surface area (TPSA) is 202 Å². The number of benzene rings is 1. The largest absolute Gasteiger partial charge is 0.456 e. The second-order valence-corrected chi connectivity index (χ2v) is 10.6. The molecule has 1 aliphatic heterocycles. The van der Waals surface area contributed by atoms with Crippen LogP contribution < -0.4 is 16.4 Å². The lowest BCUT2D eigenvalue weighted by Gasteiger charge is -2.24. The van der Waals surface area contributed by atoms with Crippen LogP contribution in [0.15, 0.2) is 36.4 Å². The van der Waals surface area contributed by atoms with E-state index in [1.54, 1.807) is 20.8 Å². The van der Waals surface area contributed by atoms with Crippen LogP contribution in [0.3, 0.4) is 0 Å². The molecule has 0 bridgehead atoms. The van der Waals surface area contributed by atoms with E-state index >= 15 is 0 Å². The number of carbonyl (C=O) groups excluding carboxylic acids is 8. The number of carbonyl (C=O) groups is 8. The van der Waals surface area contributed by atoms with Crippen molar-refractivity contribution >= 4 is 58.3 Å². The van der Waals surface area contributed by atoms with Crippen molar-refractivity contribution in [1.29, 1.82) is 0 Å². The molecule has 0 spiro atoms. The minimum atomic E-state index is -0.773. The fourth-order valence-electron chi connectivity index (χ4n) is 3.23. The summed E-state index contributed by atoms with van der Waals surface area (Å²) in [5.74, 6) is -5.04. The summed E-state index contributed by atoms with van der Waals surface area (Å²) in [6.45, 7) is 3.23. The molecule has 0 aliphatic carbocycles. The number of nitrogens with one attached hydrogen (secondary N) is 2. The van der Waals surface area contributed by atoms with Gasteiger partial charge in [-0.25, -0.2) is 4.79 Å². The van der Waals surface area contributed by atoms with Gasteiger partial charge in [-0.1, -0.05) is 23.9 Å². The Kier molecular flexibility index (Phi) is 11.7. The van der Waals surface area contributed by atoms with E-state index < -0.39 is 77.5 Å². The summed E-state index contributed by atoms with van der Waals surface area (Å²) in [4.78, 5) is 98.7. The van der Waals surface area contributed by atoms with Gasteiger partial charge in [-0.3, -0.25) is 38.5 Å². The van der Waals surface area contributed by atoms with E-state index in [2.05, 4.69) is 10.6 Å². The van der Waals surface area contributed by atoms with E-state index in [0.29, 0.717) is 11.8 Å². The fourth-order valence-corrected chi connectivity index (χ4v) is 3.96. The van der Waals surface area contributed by atoms with E-state index in [1.165, 1.54) is 24.3 Å². The van der Waals surface area contributed by atoms with Crippen molar-refractivity contribution in [3.8, 4) is 0 Å². The predicted octanol–water partition coefficient (Wildman–Crippen LogP) is -1.01. The molecule has 0 unspecified atom stereocenters. The van der Waals surface area contributed by atoms with Gasteiger partial charge < -0.3 is 26.0 Å². The molecule has 220 valence electrons. The number of thioether (sulfide) groups is 1. The third kappa shape index (κ3) is 11.2. The molecule has 1 aromatic carbocycles. The number of hydrogen-bond donors (Lipinski definition) is 3. The number of esters is 1. The Morgan fingerprint density at radius 3 is 2.17 bits per heavy atom. The highest BCUT2D eigenvalue weighted by Gasteiger charge is 2.26. The van der Waals surface area contributed by atoms with Crippen LogP contribution in [0, 0.1) is 0 Å². The van der Waals surface area contributed by atoms with Gasteiger partial charge in [-0.2, -0.15) is 0 Å². The number of rotatable bonds is 13. The van der Waals surface area contributed by atoms with E-state index in [-0.39, 0.29) is 24.2 Å². The highest BCUT2D eigenvalue weighted by molar-refractivity contribution is 8.14. The average Bonchev–Trinajstić information content (AvgIpc) is 3.22. The fraction of sp³-hybridized carbons (Fsp3) is 0.385. The molecule has 1 aromatic rings. The Hall–Kier alpha value is -4.53. The minimum absolute atomic E-state index is 0.150. The molecule has 14 nitrogen and oxygen atoms in total.